The van der Waals surface area contributed by atoms with Crippen molar-refractivity contribution in [2.75, 3.05) is 44.6 Å². The molecule has 1 N–H and O–H groups in total. The van der Waals surface area contributed by atoms with Gasteiger partial charge in [0.25, 0.3) is 0 Å². The van der Waals surface area contributed by atoms with E-state index in [0.717, 1.165) is 45.0 Å². The molecule has 2 heterocycles. The molecule has 1 amide bonds. The Labute approximate surface area is 132 Å². The molecule has 0 radical (unpaired) electrons. The molecule has 124 valence electrons. The van der Waals surface area contributed by atoms with E-state index < -0.39 is 0 Å². The van der Waals surface area contributed by atoms with E-state index in [1.807, 2.05) is 0 Å². The summed E-state index contributed by atoms with van der Waals surface area (Å²) in [5.41, 5.74) is -0.102. The zero-order valence-electron chi connectivity index (χ0n) is 14.2. The minimum atomic E-state index is -0.102. The standard InChI is InChI=1S/C16H28N4O2/c1-5-19-8-10-20(11-9-19)7-6-15(21)17-14-12-13(22-18-14)16(2,3)4/h12H,5-11H2,1-4H3,(H,17,18,21). The average molecular weight is 308 g/mol. The van der Waals surface area contributed by atoms with E-state index in [2.05, 4.69) is 48.0 Å². The molecule has 6 heteroatoms. The fourth-order valence-corrected chi connectivity index (χ4v) is 2.48. The molecule has 2 rings (SSSR count). The van der Waals surface area contributed by atoms with Gasteiger partial charge in [-0.2, -0.15) is 0 Å². The van der Waals surface area contributed by atoms with Gasteiger partial charge in [0.05, 0.1) is 0 Å². The average Bonchev–Trinajstić information content (AvgIpc) is 2.94. The van der Waals surface area contributed by atoms with Crippen molar-refractivity contribution >= 4 is 11.7 Å². The molecule has 0 spiro atoms. The molecular formula is C16H28N4O2. The van der Waals surface area contributed by atoms with Crippen molar-refractivity contribution < 1.29 is 9.32 Å². The molecular weight excluding hydrogens is 280 g/mol. The highest BCUT2D eigenvalue weighted by atomic mass is 16.5. The van der Waals surface area contributed by atoms with Crippen LogP contribution in [-0.4, -0.2) is 60.1 Å². The molecule has 1 aliphatic rings. The Morgan fingerprint density at radius 1 is 1.27 bits per heavy atom. The molecule has 0 aliphatic carbocycles. The van der Waals surface area contributed by atoms with Gasteiger partial charge in [0.2, 0.25) is 5.91 Å². The second-order valence-electron chi connectivity index (χ2n) is 6.90. The number of anilines is 1. The van der Waals surface area contributed by atoms with Crippen LogP contribution in [0.3, 0.4) is 0 Å². The van der Waals surface area contributed by atoms with Crippen LogP contribution >= 0.6 is 0 Å². The summed E-state index contributed by atoms with van der Waals surface area (Å²) in [6, 6.07) is 1.80. The first-order chi connectivity index (χ1) is 10.4. The van der Waals surface area contributed by atoms with Crippen LogP contribution in [0.25, 0.3) is 0 Å². The third kappa shape index (κ3) is 4.81. The summed E-state index contributed by atoms with van der Waals surface area (Å²) in [4.78, 5) is 16.8. The predicted octanol–water partition coefficient (Wildman–Crippen LogP) is 1.94. The summed E-state index contributed by atoms with van der Waals surface area (Å²) in [6.45, 7) is 14.5. The zero-order valence-corrected chi connectivity index (χ0v) is 14.2. The molecule has 1 saturated heterocycles. The molecule has 22 heavy (non-hydrogen) atoms. The van der Waals surface area contributed by atoms with Crippen molar-refractivity contribution in [1.82, 2.24) is 15.0 Å². The quantitative estimate of drug-likeness (QED) is 0.900. The predicted molar refractivity (Wildman–Crippen MR) is 87.0 cm³/mol. The smallest absolute Gasteiger partial charge is 0.226 e. The number of likely N-dealkylation sites (N-methyl/N-ethyl adjacent to an activating group) is 1. The highest BCUT2D eigenvalue weighted by Crippen LogP contribution is 2.24. The lowest BCUT2D eigenvalue weighted by Crippen LogP contribution is -2.46. The highest BCUT2D eigenvalue weighted by Gasteiger charge is 2.21. The number of piperazine rings is 1. The lowest BCUT2D eigenvalue weighted by molar-refractivity contribution is -0.116. The minimum absolute atomic E-state index is 0.00770. The summed E-state index contributed by atoms with van der Waals surface area (Å²) >= 11 is 0. The van der Waals surface area contributed by atoms with Gasteiger partial charge in [-0.15, -0.1) is 0 Å². The molecule has 1 aliphatic heterocycles. The van der Waals surface area contributed by atoms with Crippen LogP contribution in [0.2, 0.25) is 0 Å². The summed E-state index contributed by atoms with van der Waals surface area (Å²) in [5, 5.41) is 6.72. The Morgan fingerprint density at radius 3 is 2.45 bits per heavy atom. The van der Waals surface area contributed by atoms with E-state index in [9.17, 15) is 4.79 Å². The van der Waals surface area contributed by atoms with Gasteiger partial charge in [-0.3, -0.25) is 4.79 Å². The van der Waals surface area contributed by atoms with E-state index in [-0.39, 0.29) is 11.3 Å². The molecule has 1 aromatic heterocycles. The van der Waals surface area contributed by atoms with E-state index >= 15 is 0 Å². The maximum atomic E-state index is 12.0. The molecule has 0 unspecified atom stereocenters. The third-order valence-corrected chi connectivity index (χ3v) is 4.08. The normalized spacial score (nSPS) is 17.6. The zero-order chi connectivity index (χ0) is 16.2. The summed E-state index contributed by atoms with van der Waals surface area (Å²) in [6.07, 6.45) is 0.490. The summed E-state index contributed by atoms with van der Waals surface area (Å²) in [7, 11) is 0. The second kappa shape index (κ2) is 7.24. The number of nitrogens with one attached hydrogen (secondary N) is 1. The topological polar surface area (TPSA) is 61.6 Å². The van der Waals surface area contributed by atoms with Gasteiger partial charge in [-0.1, -0.05) is 32.9 Å². The minimum Gasteiger partial charge on any atom is -0.359 e. The molecule has 0 saturated carbocycles. The van der Waals surface area contributed by atoms with Crippen LogP contribution in [0.15, 0.2) is 10.6 Å². The Bertz CT molecular complexity index is 485. The van der Waals surface area contributed by atoms with E-state index in [4.69, 9.17) is 4.52 Å². The molecule has 0 atom stereocenters. The molecule has 6 nitrogen and oxygen atoms in total. The maximum Gasteiger partial charge on any atom is 0.226 e. The Balaban J connectivity index is 1.73. The molecule has 0 bridgehead atoms. The number of rotatable bonds is 5. The van der Waals surface area contributed by atoms with Crippen LogP contribution in [-0.2, 0) is 10.2 Å². The Kier molecular flexibility index (Phi) is 5.58. The molecule has 1 fully saturated rings. The van der Waals surface area contributed by atoms with Crippen molar-refractivity contribution in [3.63, 3.8) is 0 Å². The number of carbonyl (C=O) groups excluding carboxylic acids is 1. The van der Waals surface area contributed by atoms with E-state index in [0.29, 0.717) is 12.2 Å². The van der Waals surface area contributed by atoms with Crippen molar-refractivity contribution in [2.24, 2.45) is 0 Å². The van der Waals surface area contributed by atoms with Crippen LogP contribution in [0, 0.1) is 0 Å². The first-order valence-electron chi connectivity index (χ1n) is 8.10. The van der Waals surface area contributed by atoms with Crippen molar-refractivity contribution in [3.05, 3.63) is 11.8 Å². The fraction of sp³-hybridized carbons (Fsp3) is 0.750. The van der Waals surface area contributed by atoms with Crippen LogP contribution in [0.5, 0.6) is 0 Å². The van der Waals surface area contributed by atoms with E-state index in [1.54, 1.807) is 6.07 Å². The van der Waals surface area contributed by atoms with Gasteiger partial charge < -0.3 is 19.6 Å². The van der Waals surface area contributed by atoms with Crippen LogP contribution < -0.4 is 5.32 Å². The highest BCUT2D eigenvalue weighted by molar-refractivity contribution is 5.89. The van der Waals surface area contributed by atoms with Gasteiger partial charge in [0, 0.05) is 50.6 Å². The number of amides is 1. The Hall–Kier alpha value is -1.40. The van der Waals surface area contributed by atoms with Gasteiger partial charge >= 0.3 is 0 Å². The van der Waals surface area contributed by atoms with Gasteiger partial charge in [-0.05, 0) is 6.54 Å². The summed E-state index contributed by atoms with van der Waals surface area (Å²) < 4.78 is 5.27. The monoisotopic (exact) mass is 308 g/mol. The van der Waals surface area contributed by atoms with E-state index in [1.165, 1.54) is 0 Å². The van der Waals surface area contributed by atoms with Gasteiger partial charge in [0.15, 0.2) is 5.82 Å². The Morgan fingerprint density at radius 2 is 1.91 bits per heavy atom. The lowest BCUT2D eigenvalue weighted by atomic mass is 9.93. The van der Waals surface area contributed by atoms with Crippen LogP contribution in [0.4, 0.5) is 5.82 Å². The van der Waals surface area contributed by atoms with Gasteiger partial charge in [0.1, 0.15) is 5.76 Å². The van der Waals surface area contributed by atoms with Crippen LogP contribution in [0.1, 0.15) is 39.9 Å². The first-order valence-corrected chi connectivity index (χ1v) is 8.10. The number of aromatic nitrogens is 1. The van der Waals surface area contributed by atoms with Gasteiger partial charge in [-0.25, -0.2) is 0 Å². The van der Waals surface area contributed by atoms with Crippen molar-refractivity contribution in [1.29, 1.82) is 0 Å². The van der Waals surface area contributed by atoms with Crippen molar-refractivity contribution in [3.8, 4) is 0 Å². The third-order valence-electron chi connectivity index (χ3n) is 4.08. The molecule has 0 aromatic carbocycles. The lowest BCUT2D eigenvalue weighted by Gasteiger charge is -2.33. The second-order valence-corrected chi connectivity index (χ2v) is 6.90. The number of hydrogen-bond acceptors (Lipinski definition) is 5. The maximum absolute atomic E-state index is 12.0. The molecule has 1 aromatic rings. The number of hydrogen-bond donors (Lipinski definition) is 1. The number of nitrogens with zero attached hydrogens (tertiary/aromatic N) is 3. The fourth-order valence-electron chi connectivity index (χ4n) is 2.48. The first kappa shape index (κ1) is 17.0. The SMILES string of the molecule is CCN1CCN(CCC(=O)Nc2cc(C(C)(C)C)on2)CC1. The number of carbonyl (C=O) groups is 1. The van der Waals surface area contributed by atoms with Crippen molar-refractivity contribution in [2.45, 2.75) is 39.5 Å². The summed E-state index contributed by atoms with van der Waals surface area (Å²) in [5.74, 6) is 1.27. The largest absolute Gasteiger partial charge is 0.359 e.